The molecule has 0 fully saturated rings. The van der Waals surface area contributed by atoms with Gasteiger partial charge in [-0.15, -0.1) is 0 Å². The highest BCUT2D eigenvalue weighted by Crippen LogP contribution is 2.15. The van der Waals surface area contributed by atoms with Crippen molar-refractivity contribution in [3.8, 4) is 0 Å². The van der Waals surface area contributed by atoms with Gasteiger partial charge in [-0.1, -0.05) is 0 Å². The SMILES string of the molecule is C[NH2+]C=NC(=N)C(F)(F)F. The summed E-state index contributed by atoms with van der Waals surface area (Å²) in [6, 6.07) is 0. The van der Waals surface area contributed by atoms with Crippen molar-refractivity contribution in [2.24, 2.45) is 4.99 Å². The van der Waals surface area contributed by atoms with Gasteiger partial charge in [0.15, 0.2) is 6.34 Å². The fraction of sp³-hybridized carbons (Fsp3) is 0.500. The molecule has 0 amide bonds. The highest BCUT2D eigenvalue weighted by Gasteiger charge is 2.34. The number of rotatable bonds is 1. The Morgan fingerprint density at radius 1 is 1.60 bits per heavy atom. The van der Waals surface area contributed by atoms with E-state index in [-0.39, 0.29) is 0 Å². The van der Waals surface area contributed by atoms with Crippen LogP contribution >= 0.6 is 0 Å². The zero-order valence-corrected chi connectivity index (χ0v) is 5.24. The Bertz CT molecular complexity index is 148. The van der Waals surface area contributed by atoms with E-state index in [4.69, 9.17) is 5.41 Å². The lowest BCUT2D eigenvalue weighted by Crippen LogP contribution is -2.78. The number of aliphatic imine (C=N–C) groups is 1. The molecule has 0 aliphatic carbocycles. The third kappa shape index (κ3) is 3.18. The van der Waals surface area contributed by atoms with E-state index in [1.807, 2.05) is 0 Å². The minimum Gasteiger partial charge on any atom is -0.306 e. The topological polar surface area (TPSA) is 52.8 Å². The van der Waals surface area contributed by atoms with Gasteiger partial charge in [0, 0.05) is 0 Å². The highest BCUT2D eigenvalue weighted by atomic mass is 19.4. The maximum absolute atomic E-state index is 11.4. The molecule has 0 radical (unpaired) electrons. The van der Waals surface area contributed by atoms with Crippen molar-refractivity contribution in [3.63, 3.8) is 0 Å². The largest absolute Gasteiger partial charge is 0.451 e. The molecule has 0 atom stereocenters. The van der Waals surface area contributed by atoms with Crippen LogP contribution in [-0.4, -0.2) is 25.4 Å². The van der Waals surface area contributed by atoms with Crippen LogP contribution in [0, 0.1) is 5.41 Å². The van der Waals surface area contributed by atoms with E-state index in [2.05, 4.69) is 4.99 Å². The summed E-state index contributed by atoms with van der Waals surface area (Å²) in [5.41, 5.74) is 0. The molecular weight excluding hydrogens is 147 g/mol. The van der Waals surface area contributed by atoms with Crippen LogP contribution in [0.25, 0.3) is 0 Å². The van der Waals surface area contributed by atoms with Crippen LogP contribution in [0.15, 0.2) is 4.99 Å². The van der Waals surface area contributed by atoms with E-state index in [1.165, 1.54) is 12.4 Å². The van der Waals surface area contributed by atoms with Crippen molar-refractivity contribution in [2.75, 3.05) is 7.05 Å². The number of amidine groups is 1. The van der Waals surface area contributed by atoms with Crippen LogP contribution in [0.1, 0.15) is 0 Å². The van der Waals surface area contributed by atoms with Gasteiger partial charge in [-0.05, 0) is 0 Å². The predicted octanol–water partition coefficient (Wildman–Crippen LogP) is -0.253. The van der Waals surface area contributed by atoms with Gasteiger partial charge < -0.3 is 5.32 Å². The Kier molecular flexibility index (Phi) is 3.01. The summed E-state index contributed by atoms with van der Waals surface area (Å²) >= 11 is 0. The Morgan fingerprint density at radius 3 is 2.40 bits per heavy atom. The quantitative estimate of drug-likeness (QED) is 0.386. The summed E-state index contributed by atoms with van der Waals surface area (Å²) in [7, 11) is 1.52. The molecule has 0 bridgehead atoms. The van der Waals surface area contributed by atoms with Crippen LogP contribution in [0.3, 0.4) is 0 Å². The van der Waals surface area contributed by atoms with Crippen molar-refractivity contribution < 1.29 is 18.5 Å². The molecule has 0 aliphatic heterocycles. The fourth-order valence-corrected chi connectivity index (χ4v) is 0.222. The van der Waals surface area contributed by atoms with Gasteiger partial charge in [0.1, 0.15) is 0 Å². The Labute approximate surface area is 55.5 Å². The fourth-order valence-electron chi connectivity index (χ4n) is 0.222. The molecule has 6 heteroatoms. The summed E-state index contributed by atoms with van der Waals surface area (Å²) in [6.45, 7) is 0. The average molecular weight is 154 g/mol. The lowest BCUT2D eigenvalue weighted by molar-refractivity contribution is -0.496. The summed E-state index contributed by atoms with van der Waals surface area (Å²) in [4.78, 5) is 2.79. The van der Waals surface area contributed by atoms with Gasteiger partial charge in [0.05, 0.1) is 7.05 Å². The molecule has 3 nitrogen and oxygen atoms in total. The minimum atomic E-state index is -4.63. The van der Waals surface area contributed by atoms with E-state index in [0.717, 1.165) is 6.34 Å². The predicted molar refractivity (Wildman–Crippen MR) is 30.1 cm³/mol. The zero-order valence-electron chi connectivity index (χ0n) is 5.24. The van der Waals surface area contributed by atoms with Crippen molar-refractivity contribution in [1.82, 2.24) is 0 Å². The summed E-state index contributed by atoms with van der Waals surface area (Å²) in [5, 5.41) is 7.62. The lowest BCUT2D eigenvalue weighted by atomic mass is 10.6. The number of alkyl halides is 3. The smallest absolute Gasteiger partial charge is 0.306 e. The number of nitrogens with zero attached hydrogens (tertiary/aromatic N) is 1. The highest BCUT2D eigenvalue weighted by molar-refractivity contribution is 5.89. The molecule has 3 N–H and O–H groups in total. The molecule has 0 aromatic rings. The molecule has 10 heavy (non-hydrogen) atoms. The van der Waals surface area contributed by atoms with Crippen LogP contribution in [0.5, 0.6) is 0 Å². The monoisotopic (exact) mass is 154 g/mol. The van der Waals surface area contributed by atoms with Crippen molar-refractivity contribution >= 4 is 12.2 Å². The summed E-state index contributed by atoms with van der Waals surface area (Å²) in [6.07, 6.45) is -3.70. The molecule has 0 aromatic carbocycles. The third-order valence-corrected chi connectivity index (χ3v) is 0.621. The third-order valence-electron chi connectivity index (χ3n) is 0.621. The molecule has 0 heterocycles. The van der Waals surface area contributed by atoms with Crippen LogP contribution < -0.4 is 5.32 Å². The van der Waals surface area contributed by atoms with E-state index >= 15 is 0 Å². The lowest BCUT2D eigenvalue weighted by Gasteiger charge is -1.99. The van der Waals surface area contributed by atoms with E-state index in [9.17, 15) is 13.2 Å². The number of halogens is 3. The minimum absolute atomic E-state index is 0.926. The number of quaternary nitrogens is 1. The van der Waals surface area contributed by atoms with Gasteiger partial charge in [-0.2, -0.15) is 18.2 Å². The Morgan fingerprint density at radius 2 is 2.10 bits per heavy atom. The van der Waals surface area contributed by atoms with Gasteiger partial charge in [-0.3, -0.25) is 5.41 Å². The van der Waals surface area contributed by atoms with Gasteiger partial charge >= 0.3 is 6.18 Å². The van der Waals surface area contributed by atoms with Crippen molar-refractivity contribution in [2.45, 2.75) is 6.18 Å². The maximum atomic E-state index is 11.4. The Hall–Kier alpha value is -0.910. The van der Waals surface area contributed by atoms with Crippen molar-refractivity contribution in [3.05, 3.63) is 0 Å². The summed E-state index contributed by atoms with van der Waals surface area (Å²) < 4.78 is 34.3. The first kappa shape index (κ1) is 9.09. The molecule has 0 spiro atoms. The summed E-state index contributed by atoms with van der Waals surface area (Å²) in [5.74, 6) is -1.58. The molecule has 0 aromatic heterocycles. The standard InChI is InChI=1S/C4H6F3N3/c1-9-2-10-3(8)4(5,6)7/h2H,1H3,(H2,8,9,10)/p+1. The maximum Gasteiger partial charge on any atom is 0.451 e. The first-order chi connectivity index (χ1) is 4.48. The Balaban J connectivity index is 3.98. The van der Waals surface area contributed by atoms with Gasteiger partial charge in [0.25, 0.3) is 0 Å². The van der Waals surface area contributed by atoms with Gasteiger partial charge in [0.2, 0.25) is 5.84 Å². The second-order valence-electron chi connectivity index (χ2n) is 1.46. The number of hydrogen-bond donors (Lipinski definition) is 2. The van der Waals surface area contributed by atoms with E-state index in [0.29, 0.717) is 0 Å². The van der Waals surface area contributed by atoms with E-state index < -0.39 is 12.0 Å². The van der Waals surface area contributed by atoms with Crippen LogP contribution in [0.2, 0.25) is 0 Å². The van der Waals surface area contributed by atoms with E-state index in [1.54, 1.807) is 0 Å². The number of nitrogens with two attached hydrogens (primary N) is 1. The van der Waals surface area contributed by atoms with Crippen LogP contribution in [-0.2, 0) is 0 Å². The first-order valence-corrected chi connectivity index (χ1v) is 2.46. The normalized spacial score (nSPS) is 12.4. The molecule has 0 rings (SSSR count). The number of nitrogens with one attached hydrogen (secondary N) is 1. The zero-order chi connectivity index (χ0) is 8.20. The molecular formula is C4H7F3N3+. The second-order valence-corrected chi connectivity index (χ2v) is 1.46. The first-order valence-electron chi connectivity index (χ1n) is 2.46. The molecule has 0 saturated carbocycles. The van der Waals surface area contributed by atoms with Crippen molar-refractivity contribution in [1.29, 1.82) is 5.41 Å². The number of hydrogen-bond acceptors (Lipinski definition) is 1. The molecule has 58 valence electrons. The molecule has 0 unspecified atom stereocenters. The van der Waals surface area contributed by atoms with Gasteiger partial charge in [-0.25, -0.2) is 0 Å². The molecule has 0 saturated heterocycles. The second kappa shape index (κ2) is 3.31. The average Bonchev–Trinajstić information content (AvgIpc) is 1.80. The van der Waals surface area contributed by atoms with Crippen LogP contribution in [0.4, 0.5) is 13.2 Å². The molecule has 0 aliphatic rings.